The van der Waals surface area contributed by atoms with E-state index in [0.29, 0.717) is 12.3 Å². The standard InChI is InChI=1S/C18H16F2N2O3S/c1-9-2-4-10(5-3-9)11-6-12(16(19)20)22-18(21-11)26-15-7-13(23)17-24-8-14(15)25-17/h2-6,14-17H,7-8H2,1H3/t14-,15-,17+/m1/s1. The zero-order valence-corrected chi connectivity index (χ0v) is 14.7. The number of Topliss-reactive ketones (excluding diaryl/α,β-unsaturated/α-hetero) is 1. The van der Waals surface area contributed by atoms with Gasteiger partial charge >= 0.3 is 0 Å². The lowest BCUT2D eigenvalue weighted by Gasteiger charge is -2.25. The summed E-state index contributed by atoms with van der Waals surface area (Å²) >= 11 is 1.19. The molecule has 2 aliphatic rings. The van der Waals surface area contributed by atoms with Gasteiger partial charge in [0.15, 0.2) is 10.9 Å². The van der Waals surface area contributed by atoms with Crippen LogP contribution in [0.5, 0.6) is 0 Å². The van der Waals surface area contributed by atoms with Gasteiger partial charge in [-0.1, -0.05) is 41.6 Å². The third-order valence-electron chi connectivity index (χ3n) is 4.34. The van der Waals surface area contributed by atoms with E-state index in [0.717, 1.165) is 11.1 Å². The van der Waals surface area contributed by atoms with Gasteiger partial charge in [-0.3, -0.25) is 4.79 Å². The van der Waals surface area contributed by atoms with Gasteiger partial charge in [0.1, 0.15) is 5.69 Å². The highest BCUT2D eigenvalue weighted by molar-refractivity contribution is 7.99. The van der Waals surface area contributed by atoms with Crippen LogP contribution in [0.4, 0.5) is 8.78 Å². The van der Waals surface area contributed by atoms with Gasteiger partial charge in [0.25, 0.3) is 6.43 Å². The molecular formula is C18H16F2N2O3S. The van der Waals surface area contributed by atoms with Crippen molar-refractivity contribution in [2.45, 2.75) is 42.6 Å². The number of ether oxygens (including phenoxy) is 2. The Hall–Kier alpha value is -1.90. The van der Waals surface area contributed by atoms with Gasteiger partial charge in [-0.25, -0.2) is 18.7 Å². The smallest absolute Gasteiger partial charge is 0.280 e. The van der Waals surface area contributed by atoms with Gasteiger partial charge in [-0.05, 0) is 13.0 Å². The molecule has 2 aromatic rings. The topological polar surface area (TPSA) is 61.3 Å². The first-order valence-electron chi connectivity index (χ1n) is 8.20. The number of rotatable bonds is 4. The number of nitrogens with zero attached hydrogens (tertiary/aromatic N) is 2. The monoisotopic (exact) mass is 378 g/mol. The molecule has 1 aromatic heterocycles. The molecule has 2 bridgehead atoms. The summed E-state index contributed by atoms with van der Waals surface area (Å²) in [4.78, 5) is 20.3. The number of carbonyl (C=O) groups excluding carboxylic acids is 1. The summed E-state index contributed by atoms with van der Waals surface area (Å²) in [5.41, 5.74) is 1.91. The SMILES string of the molecule is Cc1ccc(-c2cc(C(F)F)nc(S[C@@H]3CC(=O)[C@H]4OC[C@H]3O4)n2)cc1. The largest absolute Gasteiger partial charge is 0.343 e. The number of halogens is 2. The number of carbonyl (C=O) groups is 1. The number of benzene rings is 1. The molecule has 8 heteroatoms. The lowest BCUT2D eigenvalue weighted by molar-refractivity contribution is -0.151. The van der Waals surface area contributed by atoms with Crippen molar-refractivity contribution < 1.29 is 23.0 Å². The van der Waals surface area contributed by atoms with Crippen LogP contribution in [0.3, 0.4) is 0 Å². The van der Waals surface area contributed by atoms with E-state index in [4.69, 9.17) is 9.47 Å². The zero-order valence-electron chi connectivity index (χ0n) is 13.9. The molecule has 136 valence electrons. The highest BCUT2D eigenvalue weighted by atomic mass is 32.2. The number of ketones is 1. The average molecular weight is 378 g/mol. The fourth-order valence-electron chi connectivity index (χ4n) is 2.94. The second-order valence-corrected chi connectivity index (χ2v) is 7.50. The van der Waals surface area contributed by atoms with E-state index in [9.17, 15) is 13.6 Å². The maximum atomic E-state index is 13.3. The van der Waals surface area contributed by atoms with E-state index in [1.807, 2.05) is 31.2 Å². The highest BCUT2D eigenvalue weighted by Gasteiger charge is 2.44. The van der Waals surface area contributed by atoms with Gasteiger partial charge in [-0.15, -0.1) is 0 Å². The molecule has 2 aliphatic heterocycles. The van der Waals surface area contributed by atoms with Crippen molar-refractivity contribution >= 4 is 17.5 Å². The van der Waals surface area contributed by atoms with E-state index in [1.165, 1.54) is 17.8 Å². The Bertz CT molecular complexity index is 832. The summed E-state index contributed by atoms with van der Waals surface area (Å²) in [6.45, 7) is 2.26. The average Bonchev–Trinajstić information content (AvgIpc) is 3.06. The van der Waals surface area contributed by atoms with E-state index >= 15 is 0 Å². The Balaban J connectivity index is 1.65. The fraction of sp³-hybridized carbons (Fsp3) is 0.389. The Morgan fingerprint density at radius 2 is 2.00 bits per heavy atom. The van der Waals surface area contributed by atoms with Crippen LogP contribution in [-0.2, 0) is 14.3 Å². The van der Waals surface area contributed by atoms with Crippen LogP contribution >= 0.6 is 11.8 Å². The van der Waals surface area contributed by atoms with Crippen LogP contribution < -0.4 is 0 Å². The molecule has 4 rings (SSSR count). The van der Waals surface area contributed by atoms with E-state index in [1.54, 1.807) is 0 Å². The molecule has 0 amide bonds. The third-order valence-corrected chi connectivity index (χ3v) is 5.51. The Morgan fingerprint density at radius 3 is 2.73 bits per heavy atom. The molecule has 0 unspecified atom stereocenters. The highest BCUT2D eigenvalue weighted by Crippen LogP contribution is 2.36. The molecule has 3 atom stereocenters. The predicted octanol–water partition coefficient (Wildman–Crippen LogP) is 3.56. The first kappa shape index (κ1) is 17.5. The molecular weight excluding hydrogens is 362 g/mol. The molecule has 0 N–H and O–H groups in total. The molecule has 1 aromatic carbocycles. The number of hydrogen-bond donors (Lipinski definition) is 0. The van der Waals surface area contributed by atoms with Crippen molar-refractivity contribution in [3.8, 4) is 11.3 Å². The first-order chi connectivity index (χ1) is 12.5. The lowest BCUT2D eigenvalue weighted by atomic mass is 10.1. The summed E-state index contributed by atoms with van der Waals surface area (Å²) in [7, 11) is 0. The van der Waals surface area contributed by atoms with E-state index in [-0.39, 0.29) is 34.4 Å². The summed E-state index contributed by atoms with van der Waals surface area (Å²) < 4.78 is 37.4. The number of fused-ring (bicyclic) bond motifs is 2. The fourth-order valence-corrected chi connectivity index (χ4v) is 4.06. The molecule has 2 fully saturated rings. The second kappa shape index (κ2) is 7.02. The Morgan fingerprint density at radius 1 is 1.23 bits per heavy atom. The van der Waals surface area contributed by atoms with Crippen molar-refractivity contribution in [1.82, 2.24) is 9.97 Å². The van der Waals surface area contributed by atoms with Gasteiger partial charge in [-0.2, -0.15) is 0 Å². The predicted molar refractivity (Wildman–Crippen MR) is 91.0 cm³/mol. The quantitative estimate of drug-likeness (QED) is 0.758. The zero-order chi connectivity index (χ0) is 18.3. The van der Waals surface area contributed by atoms with Gasteiger partial charge in [0.2, 0.25) is 6.29 Å². The molecule has 2 saturated heterocycles. The second-order valence-electron chi connectivity index (χ2n) is 6.29. The number of alkyl halides is 2. The van der Waals surface area contributed by atoms with Crippen molar-refractivity contribution in [2.75, 3.05) is 6.61 Å². The molecule has 5 nitrogen and oxygen atoms in total. The summed E-state index contributed by atoms with van der Waals surface area (Å²) in [6.07, 6.45) is -3.50. The summed E-state index contributed by atoms with van der Waals surface area (Å²) in [5, 5.41) is -0.0369. The van der Waals surface area contributed by atoms with Crippen LogP contribution in [0.15, 0.2) is 35.5 Å². The first-order valence-corrected chi connectivity index (χ1v) is 9.08. The van der Waals surface area contributed by atoms with Gasteiger partial charge in [0, 0.05) is 17.2 Å². The molecule has 26 heavy (non-hydrogen) atoms. The van der Waals surface area contributed by atoms with Crippen molar-refractivity contribution in [2.24, 2.45) is 0 Å². The van der Waals surface area contributed by atoms with Crippen LogP contribution in [-0.4, -0.2) is 40.0 Å². The molecule has 0 radical (unpaired) electrons. The number of aryl methyl sites for hydroxylation is 1. The van der Waals surface area contributed by atoms with E-state index in [2.05, 4.69) is 9.97 Å². The third kappa shape index (κ3) is 3.49. The minimum Gasteiger partial charge on any atom is -0.343 e. The lowest BCUT2D eigenvalue weighted by Crippen LogP contribution is -2.37. The Labute approximate surface area is 153 Å². The van der Waals surface area contributed by atoms with Crippen molar-refractivity contribution in [3.05, 3.63) is 41.6 Å². The maximum Gasteiger partial charge on any atom is 0.280 e. The minimum absolute atomic E-state index is 0.139. The van der Waals surface area contributed by atoms with Crippen LogP contribution in [0.1, 0.15) is 24.1 Å². The van der Waals surface area contributed by atoms with Crippen LogP contribution in [0.25, 0.3) is 11.3 Å². The Kier molecular flexibility index (Phi) is 4.73. The number of thioether (sulfide) groups is 1. The summed E-state index contributed by atoms with van der Waals surface area (Å²) in [5.74, 6) is -0.139. The van der Waals surface area contributed by atoms with Gasteiger partial charge < -0.3 is 9.47 Å². The van der Waals surface area contributed by atoms with E-state index < -0.39 is 12.7 Å². The minimum atomic E-state index is -2.70. The van der Waals surface area contributed by atoms with Crippen LogP contribution in [0.2, 0.25) is 0 Å². The molecule has 0 aliphatic carbocycles. The van der Waals surface area contributed by atoms with Crippen molar-refractivity contribution in [3.63, 3.8) is 0 Å². The molecule has 3 heterocycles. The van der Waals surface area contributed by atoms with Crippen LogP contribution in [0, 0.1) is 6.92 Å². The number of aromatic nitrogens is 2. The van der Waals surface area contributed by atoms with Gasteiger partial charge in [0.05, 0.1) is 18.4 Å². The number of hydrogen-bond acceptors (Lipinski definition) is 6. The maximum absolute atomic E-state index is 13.3. The normalized spacial score (nSPS) is 25.1. The van der Waals surface area contributed by atoms with Crippen molar-refractivity contribution in [1.29, 1.82) is 0 Å². The molecule has 0 spiro atoms. The molecule has 0 saturated carbocycles. The summed E-state index contributed by atoms with van der Waals surface area (Å²) in [6, 6.07) is 8.77.